The molecule has 0 unspecified atom stereocenters. The van der Waals surface area contributed by atoms with Gasteiger partial charge < -0.3 is 5.11 Å². The van der Waals surface area contributed by atoms with Gasteiger partial charge in [-0.05, 0) is 20.6 Å². The van der Waals surface area contributed by atoms with Gasteiger partial charge in [-0.2, -0.15) is 0 Å². The van der Waals surface area contributed by atoms with Gasteiger partial charge in [0.15, 0.2) is 16.8 Å². The predicted molar refractivity (Wildman–Crippen MR) is 75.8 cm³/mol. The molecule has 19 heavy (non-hydrogen) atoms. The summed E-state index contributed by atoms with van der Waals surface area (Å²) in [6.07, 6.45) is 4.44. The van der Waals surface area contributed by atoms with Gasteiger partial charge in [0.2, 0.25) is 0 Å². The van der Waals surface area contributed by atoms with Crippen LogP contribution in [0.15, 0.2) is 34.7 Å². The second-order valence-corrected chi connectivity index (χ2v) is 4.92. The number of thioether (sulfide) groups is 1. The lowest BCUT2D eigenvalue weighted by Crippen LogP contribution is -2.16. The molecule has 102 valence electrons. The molecule has 0 aliphatic carbocycles. The first-order valence-electron chi connectivity index (χ1n) is 5.56. The molecule has 7 heteroatoms. The first kappa shape index (κ1) is 15.5. The largest absolute Gasteiger partial charge is 0.384 e. The Morgan fingerprint density at radius 2 is 2.16 bits per heavy atom. The maximum atomic E-state index is 12.7. The highest BCUT2D eigenvalue weighted by Crippen LogP contribution is 2.25. The van der Waals surface area contributed by atoms with Crippen molar-refractivity contribution in [2.24, 2.45) is 9.98 Å². The summed E-state index contributed by atoms with van der Waals surface area (Å²) in [6.45, 7) is 7.02. The van der Waals surface area contributed by atoms with Crippen LogP contribution in [0.4, 0.5) is 4.39 Å². The topological polar surface area (TPSA) is 70.7 Å². The van der Waals surface area contributed by atoms with Crippen LogP contribution < -0.4 is 0 Å². The lowest BCUT2D eigenvalue weighted by molar-refractivity contribution is 0.169. The monoisotopic (exact) mass is 282 g/mol. The van der Waals surface area contributed by atoms with Crippen LogP contribution in [0.5, 0.6) is 0 Å². The predicted octanol–water partition coefficient (Wildman–Crippen LogP) is 2.36. The SMILES string of the molecule is C=NC(=N/C=C\C)S[C@H](C)[C@H](O)c1ncc(F)cn1. The van der Waals surface area contributed by atoms with Crippen LogP contribution in [-0.2, 0) is 0 Å². The van der Waals surface area contributed by atoms with Crippen LogP contribution in [0.1, 0.15) is 25.8 Å². The van der Waals surface area contributed by atoms with E-state index >= 15 is 0 Å². The number of amidine groups is 1. The van der Waals surface area contributed by atoms with Gasteiger partial charge in [-0.15, -0.1) is 0 Å². The molecule has 0 amide bonds. The van der Waals surface area contributed by atoms with Gasteiger partial charge in [0.25, 0.3) is 0 Å². The molecule has 0 bridgehead atoms. The van der Waals surface area contributed by atoms with Crippen LogP contribution in [-0.4, -0.2) is 32.2 Å². The average Bonchev–Trinajstić information content (AvgIpc) is 2.43. The zero-order valence-corrected chi connectivity index (χ0v) is 11.5. The van der Waals surface area contributed by atoms with Crippen LogP contribution in [0, 0.1) is 5.82 Å². The second-order valence-electron chi connectivity index (χ2n) is 3.58. The van der Waals surface area contributed by atoms with E-state index in [4.69, 9.17) is 0 Å². The van der Waals surface area contributed by atoms with Crippen molar-refractivity contribution in [3.63, 3.8) is 0 Å². The van der Waals surface area contributed by atoms with Crippen LogP contribution >= 0.6 is 11.8 Å². The van der Waals surface area contributed by atoms with Crippen molar-refractivity contribution in [3.8, 4) is 0 Å². The number of aliphatic hydroxyl groups is 1. The fourth-order valence-electron chi connectivity index (χ4n) is 1.16. The van der Waals surface area contributed by atoms with Crippen molar-refractivity contribution < 1.29 is 9.50 Å². The van der Waals surface area contributed by atoms with Crippen molar-refractivity contribution in [2.45, 2.75) is 25.2 Å². The number of aromatic nitrogens is 2. The van der Waals surface area contributed by atoms with E-state index in [1.54, 1.807) is 19.2 Å². The molecule has 0 radical (unpaired) electrons. The standard InChI is InChI=1S/C12H15FN4OS/c1-4-5-15-12(14-3)19-8(2)10(18)11-16-6-9(13)7-17-11/h4-8,10,18H,3H2,1-2H3/b5-4-,15-12?/t8-,10+/m1/s1. The fourth-order valence-corrected chi connectivity index (χ4v) is 1.94. The molecule has 1 heterocycles. The van der Waals surface area contributed by atoms with E-state index in [1.807, 2.05) is 6.92 Å². The fraction of sp³-hybridized carbons (Fsp3) is 0.333. The number of halogens is 1. The third-order valence-corrected chi connectivity index (χ3v) is 3.19. The highest BCUT2D eigenvalue weighted by molar-refractivity contribution is 8.14. The van der Waals surface area contributed by atoms with Gasteiger partial charge in [-0.3, -0.25) is 0 Å². The molecule has 1 N–H and O–H groups in total. The number of aliphatic imine (C=N–C) groups is 2. The lowest BCUT2D eigenvalue weighted by atomic mass is 10.2. The molecule has 5 nitrogen and oxygen atoms in total. The summed E-state index contributed by atoms with van der Waals surface area (Å²) < 4.78 is 12.7. The van der Waals surface area contributed by atoms with E-state index in [0.29, 0.717) is 5.17 Å². The van der Waals surface area contributed by atoms with E-state index in [2.05, 4.69) is 26.7 Å². The molecule has 1 aromatic rings. The summed E-state index contributed by atoms with van der Waals surface area (Å²) in [5, 5.41) is 10.2. The molecule has 1 aromatic heterocycles. The van der Waals surface area contributed by atoms with Crippen molar-refractivity contribution in [2.75, 3.05) is 0 Å². The average molecular weight is 282 g/mol. The van der Waals surface area contributed by atoms with E-state index in [9.17, 15) is 9.50 Å². The summed E-state index contributed by atoms with van der Waals surface area (Å²) in [5.74, 6) is -0.379. The molecule has 0 spiro atoms. The summed E-state index contributed by atoms with van der Waals surface area (Å²) in [4.78, 5) is 15.3. The first-order valence-corrected chi connectivity index (χ1v) is 6.44. The normalized spacial score (nSPS) is 15.5. The quantitative estimate of drug-likeness (QED) is 0.680. The third kappa shape index (κ3) is 4.88. The van der Waals surface area contributed by atoms with Gasteiger partial charge in [0.05, 0.1) is 12.4 Å². The highest BCUT2D eigenvalue weighted by Gasteiger charge is 2.21. The van der Waals surface area contributed by atoms with Crippen LogP contribution in [0.2, 0.25) is 0 Å². The Morgan fingerprint density at radius 1 is 1.53 bits per heavy atom. The Balaban J connectivity index is 2.73. The molecule has 0 saturated heterocycles. The zero-order valence-electron chi connectivity index (χ0n) is 10.7. The summed E-state index contributed by atoms with van der Waals surface area (Å²) in [6, 6.07) is 0. The van der Waals surface area contributed by atoms with Gasteiger partial charge in [0, 0.05) is 11.4 Å². The van der Waals surface area contributed by atoms with Crippen molar-refractivity contribution in [3.05, 3.63) is 36.3 Å². The number of rotatable bonds is 4. The molecule has 1 rings (SSSR count). The van der Waals surface area contributed by atoms with Gasteiger partial charge >= 0.3 is 0 Å². The van der Waals surface area contributed by atoms with Gasteiger partial charge in [-0.1, -0.05) is 17.8 Å². The van der Waals surface area contributed by atoms with E-state index in [0.717, 1.165) is 12.4 Å². The minimum absolute atomic E-state index is 0.163. The Bertz CT molecular complexity index is 475. The summed E-state index contributed by atoms with van der Waals surface area (Å²) in [5.41, 5.74) is 0. The Kier molecular flexibility index (Phi) is 6.31. The molecule has 2 atom stereocenters. The minimum atomic E-state index is -0.942. The molecular weight excluding hydrogens is 267 g/mol. The molecule has 0 fully saturated rings. The number of allylic oxidation sites excluding steroid dienone is 1. The molecule has 0 aliphatic rings. The van der Waals surface area contributed by atoms with Crippen molar-refractivity contribution >= 4 is 23.6 Å². The third-order valence-electron chi connectivity index (χ3n) is 2.11. The highest BCUT2D eigenvalue weighted by atomic mass is 32.2. The first-order chi connectivity index (χ1) is 9.08. The second kappa shape index (κ2) is 7.75. The molecule has 0 saturated carbocycles. The smallest absolute Gasteiger partial charge is 0.187 e. The maximum Gasteiger partial charge on any atom is 0.187 e. The van der Waals surface area contributed by atoms with Crippen molar-refractivity contribution in [1.29, 1.82) is 0 Å². The Morgan fingerprint density at radius 3 is 2.68 bits per heavy atom. The minimum Gasteiger partial charge on any atom is -0.384 e. The maximum absolute atomic E-state index is 12.7. The Hall–Kier alpha value is -1.60. The number of nitrogens with zero attached hydrogens (tertiary/aromatic N) is 4. The van der Waals surface area contributed by atoms with Gasteiger partial charge in [-0.25, -0.2) is 24.3 Å². The molecule has 0 aromatic carbocycles. The lowest BCUT2D eigenvalue weighted by Gasteiger charge is -2.16. The van der Waals surface area contributed by atoms with Crippen LogP contribution in [0.3, 0.4) is 0 Å². The Labute approximate surface area is 115 Å². The zero-order chi connectivity index (χ0) is 14.3. The molecular formula is C12H15FN4OS. The van der Waals surface area contributed by atoms with E-state index in [-0.39, 0.29) is 11.1 Å². The number of hydrogen-bond acceptors (Lipinski definition) is 5. The van der Waals surface area contributed by atoms with Crippen LogP contribution in [0.25, 0.3) is 0 Å². The van der Waals surface area contributed by atoms with E-state index in [1.165, 1.54) is 11.8 Å². The number of aliphatic hydroxyl groups excluding tert-OH is 1. The van der Waals surface area contributed by atoms with E-state index < -0.39 is 11.9 Å². The summed E-state index contributed by atoms with van der Waals surface area (Å²) >= 11 is 1.24. The summed E-state index contributed by atoms with van der Waals surface area (Å²) in [7, 11) is 0. The number of hydrogen-bond donors (Lipinski definition) is 1. The van der Waals surface area contributed by atoms with Crippen molar-refractivity contribution in [1.82, 2.24) is 9.97 Å². The molecule has 0 aliphatic heterocycles. The van der Waals surface area contributed by atoms with Gasteiger partial charge in [0.1, 0.15) is 6.10 Å².